The van der Waals surface area contributed by atoms with E-state index in [9.17, 15) is 0 Å². The number of hydrogen-bond donors (Lipinski definition) is 0. The van der Waals surface area contributed by atoms with Gasteiger partial charge in [0.15, 0.2) is 0 Å². The van der Waals surface area contributed by atoms with Crippen molar-refractivity contribution in [3.63, 3.8) is 0 Å². The molecule has 2 rings (SSSR count). The second kappa shape index (κ2) is 4.74. The zero-order valence-corrected chi connectivity index (χ0v) is 10.3. The minimum atomic E-state index is 0.637. The third-order valence-electron chi connectivity index (χ3n) is 3.39. The number of benzene rings is 1. The zero-order valence-electron chi connectivity index (χ0n) is 10.3. The molecule has 1 saturated heterocycles. The Bertz CT molecular complexity index is 336. The lowest BCUT2D eigenvalue weighted by Crippen LogP contribution is -2.33. The van der Waals surface area contributed by atoms with Crippen LogP contribution in [0.1, 0.15) is 6.42 Å². The van der Waals surface area contributed by atoms with Gasteiger partial charge in [-0.2, -0.15) is 0 Å². The molecule has 1 aromatic rings. The molecule has 1 aliphatic rings. The van der Waals surface area contributed by atoms with E-state index in [1.807, 2.05) is 12.1 Å². The van der Waals surface area contributed by atoms with Crippen molar-refractivity contribution >= 4 is 5.69 Å². The Hall–Kier alpha value is -1.22. The van der Waals surface area contributed by atoms with Gasteiger partial charge in [-0.1, -0.05) is 0 Å². The summed E-state index contributed by atoms with van der Waals surface area (Å²) in [5.74, 6) is 0.917. The first-order valence-electron chi connectivity index (χ1n) is 5.76. The molecule has 1 unspecified atom stereocenters. The van der Waals surface area contributed by atoms with E-state index in [1.165, 1.54) is 18.7 Å². The molecule has 16 heavy (non-hydrogen) atoms. The Balaban J connectivity index is 2.05. The molecule has 0 aliphatic carbocycles. The van der Waals surface area contributed by atoms with Gasteiger partial charge in [0.25, 0.3) is 0 Å². The molecular weight excluding hydrogens is 200 g/mol. The maximum atomic E-state index is 5.16. The van der Waals surface area contributed by atoms with E-state index in [0.717, 1.165) is 12.3 Å². The van der Waals surface area contributed by atoms with Gasteiger partial charge in [-0.15, -0.1) is 0 Å². The number of methoxy groups -OCH3 is 1. The Morgan fingerprint density at radius 1 is 1.31 bits per heavy atom. The lowest BCUT2D eigenvalue weighted by Gasteiger charge is -2.26. The van der Waals surface area contributed by atoms with E-state index < -0.39 is 0 Å². The normalized spacial score (nSPS) is 21.1. The Kier molecular flexibility index (Phi) is 3.34. The van der Waals surface area contributed by atoms with Crippen LogP contribution >= 0.6 is 0 Å². The van der Waals surface area contributed by atoms with Gasteiger partial charge in [0.1, 0.15) is 5.75 Å². The van der Waals surface area contributed by atoms with Crippen LogP contribution in [-0.2, 0) is 0 Å². The smallest absolute Gasteiger partial charge is 0.119 e. The van der Waals surface area contributed by atoms with Crippen LogP contribution in [0.25, 0.3) is 0 Å². The van der Waals surface area contributed by atoms with Crippen LogP contribution in [-0.4, -0.2) is 45.2 Å². The minimum Gasteiger partial charge on any atom is -0.497 e. The molecule has 0 N–H and O–H groups in total. The van der Waals surface area contributed by atoms with Crippen molar-refractivity contribution in [2.24, 2.45) is 0 Å². The highest BCUT2D eigenvalue weighted by Crippen LogP contribution is 2.23. The molecule has 0 bridgehead atoms. The Labute approximate surface area is 97.6 Å². The van der Waals surface area contributed by atoms with E-state index in [-0.39, 0.29) is 0 Å². The lowest BCUT2D eigenvalue weighted by molar-refractivity contribution is 0.409. The van der Waals surface area contributed by atoms with Crippen LogP contribution in [0.2, 0.25) is 0 Å². The molecule has 1 aromatic carbocycles. The maximum absolute atomic E-state index is 5.16. The van der Waals surface area contributed by atoms with E-state index in [0.29, 0.717) is 6.04 Å². The van der Waals surface area contributed by atoms with Crippen LogP contribution < -0.4 is 9.64 Å². The van der Waals surface area contributed by atoms with Crippen molar-refractivity contribution < 1.29 is 4.74 Å². The summed E-state index contributed by atoms with van der Waals surface area (Å²) < 4.78 is 5.16. The molecule has 3 nitrogen and oxygen atoms in total. The van der Waals surface area contributed by atoms with Crippen molar-refractivity contribution in [3.8, 4) is 5.75 Å². The van der Waals surface area contributed by atoms with E-state index >= 15 is 0 Å². The Morgan fingerprint density at radius 2 is 2.00 bits per heavy atom. The maximum Gasteiger partial charge on any atom is 0.119 e. The number of ether oxygens (including phenoxy) is 1. The SMILES string of the molecule is COc1ccc(N(C)C2CCN(C)C2)cc1. The molecular formula is C13H20N2O. The van der Waals surface area contributed by atoms with Crippen molar-refractivity contribution in [3.05, 3.63) is 24.3 Å². The molecule has 1 heterocycles. The summed E-state index contributed by atoms with van der Waals surface area (Å²) in [6.07, 6.45) is 1.25. The molecule has 0 radical (unpaired) electrons. The fourth-order valence-corrected chi connectivity index (χ4v) is 2.26. The number of anilines is 1. The molecule has 1 atom stereocenters. The van der Waals surface area contributed by atoms with Gasteiger partial charge >= 0.3 is 0 Å². The zero-order chi connectivity index (χ0) is 11.5. The largest absolute Gasteiger partial charge is 0.497 e. The Morgan fingerprint density at radius 3 is 2.50 bits per heavy atom. The quantitative estimate of drug-likeness (QED) is 0.773. The predicted octanol–water partition coefficient (Wildman–Crippen LogP) is 1.84. The van der Waals surface area contributed by atoms with Crippen molar-refractivity contribution in [1.29, 1.82) is 0 Å². The topological polar surface area (TPSA) is 15.7 Å². The van der Waals surface area contributed by atoms with E-state index in [2.05, 4.69) is 36.0 Å². The molecule has 1 fully saturated rings. The first-order chi connectivity index (χ1) is 7.70. The lowest BCUT2D eigenvalue weighted by atomic mass is 10.2. The monoisotopic (exact) mass is 220 g/mol. The number of rotatable bonds is 3. The molecule has 0 amide bonds. The first-order valence-corrected chi connectivity index (χ1v) is 5.76. The van der Waals surface area contributed by atoms with Gasteiger partial charge in [0.2, 0.25) is 0 Å². The summed E-state index contributed by atoms with van der Waals surface area (Å²) in [5.41, 5.74) is 1.26. The third-order valence-corrected chi connectivity index (χ3v) is 3.39. The van der Waals surface area contributed by atoms with Gasteiger partial charge in [0, 0.05) is 25.3 Å². The number of hydrogen-bond acceptors (Lipinski definition) is 3. The number of likely N-dealkylation sites (N-methyl/N-ethyl adjacent to an activating group) is 2. The molecule has 1 aliphatic heterocycles. The highest BCUT2D eigenvalue weighted by molar-refractivity contribution is 5.49. The molecule has 0 saturated carbocycles. The summed E-state index contributed by atoms with van der Waals surface area (Å²) >= 11 is 0. The standard InChI is InChI=1S/C13H20N2O/c1-14-9-8-12(10-14)15(2)11-4-6-13(16-3)7-5-11/h4-7,12H,8-10H2,1-3H3. The van der Waals surface area contributed by atoms with Gasteiger partial charge in [-0.3, -0.25) is 0 Å². The second-order valence-corrected chi connectivity index (χ2v) is 4.51. The highest BCUT2D eigenvalue weighted by atomic mass is 16.5. The summed E-state index contributed by atoms with van der Waals surface area (Å²) in [6, 6.07) is 8.92. The van der Waals surface area contributed by atoms with E-state index in [1.54, 1.807) is 7.11 Å². The van der Waals surface area contributed by atoms with Crippen LogP contribution in [0.5, 0.6) is 5.75 Å². The van der Waals surface area contributed by atoms with Gasteiger partial charge in [-0.25, -0.2) is 0 Å². The van der Waals surface area contributed by atoms with Gasteiger partial charge < -0.3 is 14.5 Å². The molecule has 0 aromatic heterocycles. The second-order valence-electron chi connectivity index (χ2n) is 4.51. The van der Waals surface area contributed by atoms with Gasteiger partial charge in [0.05, 0.1) is 7.11 Å². The fourth-order valence-electron chi connectivity index (χ4n) is 2.26. The van der Waals surface area contributed by atoms with Gasteiger partial charge in [-0.05, 0) is 44.3 Å². The summed E-state index contributed by atoms with van der Waals surface area (Å²) in [7, 11) is 6.05. The van der Waals surface area contributed by atoms with Crippen LogP contribution in [0, 0.1) is 0 Å². The molecule has 0 spiro atoms. The minimum absolute atomic E-state index is 0.637. The first kappa shape index (κ1) is 11.3. The van der Waals surface area contributed by atoms with Crippen molar-refractivity contribution in [2.75, 3.05) is 39.2 Å². The van der Waals surface area contributed by atoms with E-state index in [4.69, 9.17) is 4.74 Å². The average molecular weight is 220 g/mol. The van der Waals surface area contributed by atoms with Crippen LogP contribution in [0.15, 0.2) is 24.3 Å². The fraction of sp³-hybridized carbons (Fsp3) is 0.538. The summed E-state index contributed by atoms with van der Waals surface area (Å²) in [5, 5.41) is 0. The average Bonchev–Trinajstić information content (AvgIpc) is 2.75. The van der Waals surface area contributed by atoms with Crippen molar-refractivity contribution in [1.82, 2.24) is 4.90 Å². The third kappa shape index (κ3) is 2.30. The summed E-state index contributed by atoms with van der Waals surface area (Å²) in [4.78, 5) is 4.74. The molecule has 88 valence electrons. The van der Waals surface area contributed by atoms with Crippen molar-refractivity contribution in [2.45, 2.75) is 12.5 Å². The highest BCUT2D eigenvalue weighted by Gasteiger charge is 2.23. The van der Waals surface area contributed by atoms with Crippen LogP contribution in [0.3, 0.4) is 0 Å². The number of likely N-dealkylation sites (tertiary alicyclic amines) is 1. The van der Waals surface area contributed by atoms with Crippen LogP contribution in [0.4, 0.5) is 5.69 Å². The molecule has 3 heteroatoms. The predicted molar refractivity (Wildman–Crippen MR) is 67.3 cm³/mol. The summed E-state index contributed by atoms with van der Waals surface area (Å²) in [6.45, 7) is 2.35. The number of nitrogens with zero attached hydrogens (tertiary/aromatic N) is 2.